The topological polar surface area (TPSA) is 26.8 Å². The molecule has 26 heavy (non-hydrogen) atoms. The van der Waals surface area contributed by atoms with Crippen molar-refractivity contribution in [3.8, 4) is 0 Å². The highest BCUT2D eigenvalue weighted by Crippen LogP contribution is 2.29. The van der Waals surface area contributed by atoms with Gasteiger partial charge in [0.25, 0.3) is 0 Å². The zero-order valence-corrected chi connectivity index (χ0v) is 17.3. The van der Waals surface area contributed by atoms with Gasteiger partial charge >= 0.3 is 0 Å². The summed E-state index contributed by atoms with van der Waals surface area (Å²) in [5.74, 6) is 0.492. The summed E-state index contributed by atoms with van der Waals surface area (Å²) in [7, 11) is 0. The quantitative estimate of drug-likeness (QED) is 0.765. The van der Waals surface area contributed by atoms with E-state index < -0.39 is 0 Å². The maximum absolute atomic E-state index is 13.0. The number of hydrogen-bond donors (Lipinski definition) is 0. The highest BCUT2D eigenvalue weighted by atomic mass is 35.5. The van der Waals surface area contributed by atoms with Crippen molar-refractivity contribution in [1.29, 1.82) is 0 Å². The molecule has 0 aromatic heterocycles. The van der Waals surface area contributed by atoms with Gasteiger partial charge in [0.15, 0.2) is 0 Å². The SMILES string of the molecule is CC(C)N1CCCN(C(=O)C2CCN(c3cc(Cl)cc(Cl)c3)CC2)CC1. The van der Waals surface area contributed by atoms with Crippen LogP contribution in [0, 0.1) is 5.92 Å². The molecular formula is C20H29Cl2N3O. The molecule has 1 amide bonds. The molecule has 4 nitrogen and oxygen atoms in total. The van der Waals surface area contributed by atoms with Crippen LogP contribution in [0.3, 0.4) is 0 Å². The zero-order valence-electron chi connectivity index (χ0n) is 15.8. The average Bonchev–Trinajstić information content (AvgIpc) is 2.87. The van der Waals surface area contributed by atoms with Gasteiger partial charge in [-0.1, -0.05) is 23.2 Å². The summed E-state index contributed by atoms with van der Waals surface area (Å²) in [5, 5.41) is 1.31. The summed E-state index contributed by atoms with van der Waals surface area (Å²) in [6, 6.07) is 6.20. The highest BCUT2D eigenvalue weighted by Gasteiger charge is 2.30. The first-order valence-electron chi connectivity index (χ1n) is 9.68. The Morgan fingerprint density at radius 1 is 0.962 bits per heavy atom. The van der Waals surface area contributed by atoms with Gasteiger partial charge in [-0.25, -0.2) is 0 Å². The third kappa shape index (κ3) is 4.85. The molecule has 6 heteroatoms. The Labute approximate surface area is 167 Å². The number of anilines is 1. The molecule has 0 atom stereocenters. The van der Waals surface area contributed by atoms with Crippen molar-refractivity contribution >= 4 is 34.8 Å². The first-order valence-corrected chi connectivity index (χ1v) is 10.4. The van der Waals surface area contributed by atoms with Gasteiger partial charge in [-0.15, -0.1) is 0 Å². The lowest BCUT2D eigenvalue weighted by molar-refractivity contribution is -0.136. The van der Waals surface area contributed by atoms with Crippen molar-refractivity contribution < 1.29 is 4.79 Å². The molecule has 0 N–H and O–H groups in total. The fraction of sp³-hybridized carbons (Fsp3) is 0.650. The maximum atomic E-state index is 13.0. The van der Waals surface area contributed by atoms with Crippen LogP contribution in [-0.2, 0) is 4.79 Å². The molecule has 2 aliphatic rings. The molecule has 0 radical (unpaired) electrons. The summed E-state index contributed by atoms with van der Waals surface area (Å²) >= 11 is 12.2. The Morgan fingerprint density at radius 2 is 1.62 bits per heavy atom. The number of carbonyl (C=O) groups is 1. The summed E-state index contributed by atoms with van der Waals surface area (Å²) in [4.78, 5) is 19.8. The Bertz CT molecular complexity index is 609. The normalized spacial score (nSPS) is 20.5. The Hall–Kier alpha value is -0.970. The van der Waals surface area contributed by atoms with Gasteiger partial charge in [-0.2, -0.15) is 0 Å². The van der Waals surface area contributed by atoms with E-state index in [1.54, 1.807) is 6.07 Å². The van der Waals surface area contributed by atoms with Gasteiger partial charge in [-0.05, 0) is 51.3 Å². The van der Waals surface area contributed by atoms with Crippen molar-refractivity contribution in [2.45, 2.75) is 39.2 Å². The van der Waals surface area contributed by atoms with Crippen LogP contribution in [0.5, 0.6) is 0 Å². The van der Waals surface area contributed by atoms with Crippen molar-refractivity contribution in [2.75, 3.05) is 44.2 Å². The van der Waals surface area contributed by atoms with E-state index >= 15 is 0 Å². The van der Waals surface area contributed by atoms with Gasteiger partial charge < -0.3 is 9.80 Å². The number of benzene rings is 1. The average molecular weight is 398 g/mol. The van der Waals surface area contributed by atoms with Crippen LogP contribution >= 0.6 is 23.2 Å². The predicted molar refractivity (Wildman–Crippen MR) is 109 cm³/mol. The van der Waals surface area contributed by atoms with E-state index in [0.717, 1.165) is 64.2 Å². The first kappa shape index (κ1) is 19.8. The third-order valence-corrected chi connectivity index (χ3v) is 6.07. The molecule has 0 spiro atoms. The minimum Gasteiger partial charge on any atom is -0.371 e. The smallest absolute Gasteiger partial charge is 0.225 e. The fourth-order valence-corrected chi connectivity index (χ4v) is 4.55. The molecule has 0 aliphatic carbocycles. The standard InChI is InChI=1S/C20H29Cl2N3O/c1-15(2)23-6-3-7-25(11-10-23)20(26)16-4-8-24(9-5-16)19-13-17(21)12-18(22)14-19/h12-16H,3-11H2,1-2H3. The van der Waals surface area contributed by atoms with Crippen LogP contribution in [0.25, 0.3) is 0 Å². The Kier molecular flexibility index (Phi) is 6.70. The van der Waals surface area contributed by atoms with E-state index in [9.17, 15) is 4.79 Å². The molecule has 2 saturated heterocycles. The van der Waals surface area contributed by atoms with Gasteiger partial charge in [-0.3, -0.25) is 9.69 Å². The largest absolute Gasteiger partial charge is 0.371 e. The van der Waals surface area contributed by atoms with Crippen molar-refractivity contribution in [1.82, 2.24) is 9.80 Å². The van der Waals surface area contributed by atoms with Crippen LogP contribution in [0.15, 0.2) is 18.2 Å². The lowest BCUT2D eigenvalue weighted by atomic mass is 9.94. The van der Waals surface area contributed by atoms with E-state index in [-0.39, 0.29) is 5.92 Å². The molecule has 0 unspecified atom stereocenters. The van der Waals surface area contributed by atoms with Crippen molar-refractivity contribution in [3.63, 3.8) is 0 Å². The summed E-state index contributed by atoms with van der Waals surface area (Å²) in [5.41, 5.74) is 1.05. The van der Waals surface area contributed by atoms with Crippen LogP contribution in [0.1, 0.15) is 33.1 Å². The van der Waals surface area contributed by atoms with E-state index in [2.05, 4.69) is 28.5 Å². The molecular weight excluding hydrogens is 369 g/mol. The number of piperidine rings is 1. The minimum absolute atomic E-state index is 0.145. The molecule has 3 rings (SSSR count). The third-order valence-electron chi connectivity index (χ3n) is 5.63. The monoisotopic (exact) mass is 397 g/mol. The van der Waals surface area contributed by atoms with Gasteiger partial charge in [0, 0.05) is 67.0 Å². The fourth-order valence-electron chi connectivity index (χ4n) is 4.04. The predicted octanol–water partition coefficient (Wildman–Crippen LogP) is 4.15. The second-order valence-corrected chi connectivity index (χ2v) is 8.57. The second-order valence-electron chi connectivity index (χ2n) is 7.70. The lowest BCUT2D eigenvalue weighted by Gasteiger charge is -2.35. The molecule has 2 heterocycles. The van der Waals surface area contributed by atoms with Crippen LogP contribution in [0.2, 0.25) is 10.0 Å². The number of halogens is 2. The first-order chi connectivity index (χ1) is 12.4. The van der Waals surface area contributed by atoms with Gasteiger partial charge in [0.2, 0.25) is 5.91 Å². The second kappa shape index (κ2) is 8.81. The molecule has 2 aliphatic heterocycles. The van der Waals surface area contributed by atoms with E-state index in [0.29, 0.717) is 22.0 Å². The molecule has 1 aromatic rings. The Morgan fingerprint density at radius 3 is 2.23 bits per heavy atom. The summed E-state index contributed by atoms with van der Waals surface area (Å²) < 4.78 is 0. The highest BCUT2D eigenvalue weighted by molar-refractivity contribution is 6.35. The Balaban J connectivity index is 1.55. The summed E-state index contributed by atoms with van der Waals surface area (Å²) in [6.07, 6.45) is 2.87. The maximum Gasteiger partial charge on any atom is 0.225 e. The molecule has 1 aromatic carbocycles. The van der Waals surface area contributed by atoms with Gasteiger partial charge in [0.1, 0.15) is 0 Å². The number of amides is 1. The minimum atomic E-state index is 0.145. The van der Waals surface area contributed by atoms with Crippen LogP contribution in [-0.4, -0.2) is 61.0 Å². The molecule has 2 fully saturated rings. The molecule has 0 saturated carbocycles. The molecule has 144 valence electrons. The van der Waals surface area contributed by atoms with Crippen LogP contribution in [0.4, 0.5) is 5.69 Å². The number of nitrogens with zero attached hydrogens (tertiary/aromatic N) is 3. The van der Waals surface area contributed by atoms with Crippen LogP contribution < -0.4 is 4.90 Å². The van der Waals surface area contributed by atoms with Crippen molar-refractivity contribution in [3.05, 3.63) is 28.2 Å². The van der Waals surface area contributed by atoms with E-state index in [1.165, 1.54) is 0 Å². The zero-order chi connectivity index (χ0) is 18.7. The van der Waals surface area contributed by atoms with Crippen molar-refractivity contribution in [2.24, 2.45) is 5.92 Å². The summed E-state index contributed by atoms with van der Waals surface area (Å²) in [6.45, 7) is 10.1. The van der Waals surface area contributed by atoms with Gasteiger partial charge in [0.05, 0.1) is 0 Å². The van der Waals surface area contributed by atoms with E-state index in [1.807, 2.05) is 12.1 Å². The number of carbonyl (C=O) groups excluding carboxylic acids is 1. The van der Waals surface area contributed by atoms with E-state index in [4.69, 9.17) is 23.2 Å². The lowest BCUT2D eigenvalue weighted by Crippen LogP contribution is -2.44. The molecule has 0 bridgehead atoms. The number of rotatable bonds is 3. The number of hydrogen-bond acceptors (Lipinski definition) is 3.